The first-order valence-electron chi connectivity index (χ1n) is 8.62. The van der Waals surface area contributed by atoms with Crippen molar-refractivity contribution in [2.75, 3.05) is 18.0 Å². The maximum absolute atomic E-state index is 12.4. The summed E-state index contributed by atoms with van der Waals surface area (Å²) in [5.74, 6) is -0.0798. The van der Waals surface area contributed by atoms with E-state index in [0.29, 0.717) is 5.69 Å². The van der Waals surface area contributed by atoms with Gasteiger partial charge in [-0.05, 0) is 43.5 Å². The predicted octanol–water partition coefficient (Wildman–Crippen LogP) is 3.39. The second kappa shape index (κ2) is 6.89. The van der Waals surface area contributed by atoms with Crippen LogP contribution in [0.15, 0.2) is 24.4 Å². The molecular formula is C18H20ClN5OS. The van der Waals surface area contributed by atoms with Crippen molar-refractivity contribution in [2.24, 2.45) is 7.05 Å². The van der Waals surface area contributed by atoms with Crippen LogP contribution in [-0.2, 0) is 7.05 Å². The first-order chi connectivity index (χ1) is 12.5. The van der Waals surface area contributed by atoms with Gasteiger partial charge >= 0.3 is 0 Å². The lowest BCUT2D eigenvalue weighted by Crippen LogP contribution is -2.48. The van der Waals surface area contributed by atoms with Gasteiger partial charge in [0.2, 0.25) is 0 Å². The molecular weight excluding hydrogens is 370 g/mol. The number of rotatable bonds is 3. The van der Waals surface area contributed by atoms with Crippen LogP contribution in [0.4, 0.5) is 5.13 Å². The number of amides is 1. The molecule has 4 rings (SSSR count). The molecule has 1 aromatic carbocycles. The summed E-state index contributed by atoms with van der Waals surface area (Å²) in [4.78, 5) is 19.5. The van der Waals surface area contributed by atoms with E-state index < -0.39 is 0 Å². The van der Waals surface area contributed by atoms with Gasteiger partial charge in [-0.3, -0.25) is 9.48 Å². The molecule has 3 aromatic rings. The number of piperidine rings is 1. The van der Waals surface area contributed by atoms with Gasteiger partial charge in [0.25, 0.3) is 5.91 Å². The van der Waals surface area contributed by atoms with Crippen molar-refractivity contribution >= 4 is 44.2 Å². The second-order valence-electron chi connectivity index (χ2n) is 6.61. The van der Waals surface area contributed by atoms with Gasteiger partial charge in [-0.2, -0.15) is 5.10 Å². The number of fused-ring (bicyclic) bond motifs is 1. The highest BCUT2D eigenvalue weighted by Gasteiger charge is 2.25. The molecule has 0 bridgehead atoms. The summed E-state index contributed by atoms with van der Waals surface area (Å²) in [6.07, 6.45) is 3.62. The zero-order valence-corrected chi connectivity index (χ0v) is 16.3. The van der Waals surface area contributed by atoms with Gasteiger partial charge in [0.15, 0.2) is 5.13 Å². The summed E-state index contributed by atoms with van der Waals surface area (Å²) in [5.41, 5.74) is 2.57. The first-order valence-corrected chi connectivity index (χ1v) is 9.82. The van der Waals surface area contributed by atoms with Crippen LogP contribution >= 0.6 is 22.9 Å². The Bertz CT molecular complexity index is 966. The Hall–Kier alpha value is -2.12. The van der Waals surface area contributed by atoms with E-state index in [-0.39, 0.29) is 11.9 Å². The smallest absolute Gasteiger partial charge is 0.269 e. The number of nitrogens with zero attached hydrogens (tertiary/aromatic N) is 4. The Morgan fingerprint density at radius 1 is 1.38 bits per heavy atom. The SMILES string of the molecule is Cc1c(Cl)ccc2sc(N3CCCC(NC(=O)c4ccnn4C)C3)nc12. The highest BCUT2D eigenvalue weighted by atomic mass is 35.5. The van der Waals surface area contributed by atoms with Crippen LogP contribution in [-0.4, -0.2) is 39.8 Å². The van der Waals surface area contributed by atoms with Crippen molar-refractivity contribution in [2.45, 2.75) is 25.8 Å². The van der Waals surface area contributed by atoms with Gasteiger partial charge in [-0.15, -0.1) is 0 Å². The largest absolute Gasteiger partial charge is 0.346 e. The van der Waals surface area contributed by atoms with E-state index in [4.69, 9.17) is 16.6 Å². The van der Waals surface area contributed by atoms with E-state index >= 15 is 0 Å². The fourth-order valence-corrected chi connectivity index (χ4v) is 4.56. The summed E-state index contributed by atoms with van der Waals surface area (Å²) in [6.45, 7) is 3.71. The van der Waals surface area contributed by atoms with Gasteiger partial charge in [0, 0.05) is 37.4 Å². The quantitative estimate of drug-likeness (QED) is 0.745. The van der Waals surface area contributed by atoms with Crippen molar-refractivity contribution in [3.8, 4) is 0 Å². The molecule has 1 atom stereocenters. The van der Waals surface area contributed by atoms with Crippen LogP contribution in [0.2, 0.25) is 5.02 Å². The number of carbonyl (C=O) groups excluding carboxylic acids is 1. The molecule has 1 saturated heterocycles. The van der Waals surface area contributed by atoms with Crippen LogP contribution in [0.25, 0.3) is 10.2 Å². The van der Waals surface area contributed by atoms with E-state index in [0.717, 1.165) is 51.9 Å². The molecule has 0 spiro atoms. The molecule has 1 unspecified atom stereocenters. The van der Waals surface area contributed by atoms with Crippen LogP contribution in [0, 0.1) is 6.92 Å². The number of hydrogen-bond donors (Lipinski definition) is 1. The molecule has 1 fully saturated rings. The summed E-state index contributed by atoms with van der Waals surface area (Å²) in [5, 5.41) is 8.92. The summed E-state index contributed by atoms with van der Waals surface area (Å²) in [7, 11) is 1.77. The van der Waals surface area contributed by atoms with Gasteiger partial charge < -0.3 is 10.2 Å². The molecule has 8 heteroatoms. The number of benzene rings is 1. The van der Waals surface area contributed by atoms with Crippen molar-refractivity contribution in [3.63, 3.8) is 0 Å². The van der Waals surface area contributed by atoms with Crippen LogP contribution in [0.3, 0.4) is 0 Å². The molecule has 1 N–H and O–H groups in total. The Balaban J connectivity index is 1.51. The Labute approximate surface area is 160 Å². The minimum Gasteiger partial charge on any atom is -0.346 e. The highest BCUT2D eigenvalue weighted by molar-refractivity contribution is 7.22. The third kappa shape index (κ3) is 3.17. The minimum atomic E-state index is -0.0798. The van der Waals surface area contributed by atoms with Crippen LogP contribution in [0.1, 0.15) is 28.9 Å². The van der Waals surface area contributed by atoms with Gasteiger partial charge in [-0.1, -0.05) is 22.9 Å². The van der Waals surface area contributed by atoms with E-state index in [1.807, 2.05) is 19.1 Å². The maximum Gasteiger partial charge on any atom is 0.269 e. The molecule has 0 saturated carbocycles. The second-order valence-corrected chi connectivity index (χ2v) is 8.03. The number of aromatic nitrogens is 3. The normalized spacial score (nSPS) is 17.7. The molecule has 3 heterocycles. The summed E-state index contributed by atoms with van der Waals surface area (Å²) >= 11 is 7.90. The fraction of sp³-hybridized carbons (Fsp3) is 0.389. The average Bonchev–Trinajstić information content (AvgIpc) is 3.25. The number of nitrogens with one attached hydrogen (secondary N) is 1. The van der Waals surface area contributed by atoms with E-state index in [9.17, 15) is 4.79 Å². The van der Waals surface area contributed by atoms with Crippen molar-refractivity contribution < 1.29 is 4.79 Å². The number of carbonyl (C=O) groups is 1. The van der Waals surface area contributed by atoms with Gasteiger partial charge in [0.05, 0.1) is 10.2 Å². The lowest BCUT2D eigenvalue weighted by Gasteiger charge is -2.32. The lowest BCUT2D eigenvalue weighted by molar-refractivity contribution is 0.0923. The molecule has 136 valence electrons. The third-order valence-electron chi connectivity index (χ3n) is 4.82. The number of thiazole rings is 1. The van der Waals surface area contributed by atoms with E-state index in [2.05, 4.69) is 15.3 Å². The molecule has 26 heavy (non-hydrogen) atoms. The zero-order chi connectivity index (χ0) is 18.3. The van der Waals surface area contributed by atoms with Crippen molar-refractivity contribution in [1.82, 2.24) is 20.1 Å². The monoisotopic (exact) mass is 389 g/mol. The first kappa shape index (κ1) is 17.3. The zero-order valence-electron chi connectivity index (χ0n) is 14.7. The summed E-state index contributed by atoms with van der Waals surface area (Å²) in [6, 6.07) is 5.78. The highest BCUT2D eigenvalue weighted by Crippen LogP contribution is 2.34. The maximum atomic E-state index is 12.4. The average molecular weight is 390 g/mol. The molecule has 1 aliphatic rings. The van der Waals surface area contributed by atoms with E-state index in [1.165, 1.54) is 0 Å². The number of anilines is 1. The Morgan fingerprint density at radius 3 is 3.00 bits per heavy atom. The molecule has 1 amide bonds. The molecule has 2 aromatic heterocycles. The molecule has 1 aliphatic heterocycles. The topological polar surface area (TPSA) is 63.1 Å². The van der Waals surface area contributed by atoms with Gasteiger partial charge in [-0.25, -0.2) is 4.98 Å². The Morgan fingerprint density at radius 2 is 2.23 bits per heavy atom. The van der Waals surface area contributed by atoms with Crippen molar-refractivity contribution in [3.05, 3.63) is 40.7 Å². The number of halogens is 1. The van der Waals surface area contributed by atoms with Crippen LogP contribution < -0.4 is 10.2 Å². The van der Waals surface area contributed by atoms with Crippen LogP contribution in [0.5, 0.6) is 0 Å². The number of aryl methyl sites for hydroxylation is 2. The fourth-order valence-electron chi connectivity index (χ4n) is 3.35. The molecule has 0 radical (unpaired) electrons. The minimum absolute atomic E-state index is 0.0798. The van der Waals surface area contributed by atoms with Crippen molar-refractivity contribution in [1.29, 1.82) is 0 Å². The Kier molecular flexibility index (Phi) is 4.58. The van der Waals surface area contributed by atoms with Gasteiger partial charge in [0.1, 0.15) is 5.69 Å². The summed E-state index contributed by atoms with van der Waals surface area (Å²) < 4.78 is 2.73. The molecule has 6 nitrogen and oxygen atoms in total. The third-order valence-corrected chi connectivity index (χ3v) is 6.31. The van der Waals surface area contributed by atoms with E-state index in [1.54, 1.807) is 35.3 Å². The lowest BCUT2D eigenvalue weighted by atomic mass is 10.1. The standard InChI is InChI=1S/C18H20ClN5OS/c1-11-13(19)5-6-15-16(11)22-18(26-15)24-9-3-4-12(10-24)21-17(25)14-7-8-20-23(14)2/h5-8,12H,3-4,9-10H2,1-2H3,(H,21,25). The predicted molar refractivity (Wildman–Crippen MR) is 105 cm³/mol. The molecule has 0 aliphatic carbocycles. The number of hydrogen-bond acceptors (Lipinski definition) is 5.